The maximum Gasteiger partial charge on any atom is 0.342 e. The van der Waals surface area contributed by atoms with Gasteiger partial charge < -0.3 is 4.74 Å². The van der Waals surface area contributed by atoms with Crippen LogP contribution in [0.25, 0.3) is 0 Å². The first-order valence-corrected chi connectivity index (χ1v) is 10.1. The molecule has 130 valence electrons. The number of cyclic esters (lactones) is 2. The lowest BCUT2D eigenvalue weighted by atomic mass is 9.51. The largest absolute Gasteiger partial charge is 0.389 e. The molecule has 4 saturated carbocycles. The van der Waals surface area contributed by atoms with Crippen LogP contribution in [-0.4, -0.2) is 16.9 Å². The summed E-state index contributed by atoms with van der Waals surface area (Å²) in [6.07, 6.45) is 8.16. The SMILES string of the molecule is Cc1nc(CC=C2C3CC4CC(C3)C(=C3CC(=O)OC3=O)C2C4)cs1. The molecule has 1 aromatic rings. The molecule has 0 aromatic carbocycles. The lowest BCUT2D eigenvalue weighted by Gasteiger charge is -2.53. The molecule has 2 heterocycles. The normalized spacial score (nSPS) is 38.0. The number of carbonyl (C=O) groups is 2. The van der Waals surface area contributed by atoms with Crippen molar-refractivity contribution in [2.24, 2.45) is 23.7 Å². The molecule has 4 nitrogen and oxygen atoms in total. The van der Waals surface area contributed by atoms with Crippen LogP contribution < -0.4 is 0 Å². The molecular weight excluding hydrogens is 334 g/mol. The first-order chi connectivity index (χ1) is 12.1. The van der Waals surface area contributed by atoms with Crippen LogP contribution in [0, 0.1) is 30.6 Å². The zero-order valence-corrected chi connectivity index (χ0v) is 15.1. The van der Waals surface area contributed by atoms with E-state index >= 15 is 0 Å². The molecule has 4 unspecified atom stereocenters. The van der Waals surface area contributed by atoms with Gasteiger partial charge in [0.05, 0.1) is 17.1 Å². The highest BCUT2D eigenvalue weighted by atomic mass is 32.1. The summed E-state index contributed by atoms with van der Waals surface area (Å²) in [5.74, 6) is 1.50. The van der Waals surface area contributed by atoms with Gasteiger partial charge in [-0.3, -0.25) is 4.79 Å². The molecule has 0 radical (unpaired) electrons. The smallest absolute Gasteiger partial charge is 0.342 e. The standard InChI is InChI=1S/C20H21NO3S/c1-10-21-14(9-25-10)2-3-15-12-4-11-5-13(7-12)19(16(15)6-11)17-8-18(22)24-20(17)23/h3,9,11-13,16H,2,4-8H2,1H3. The second kappa shape index (κ2) is 5.63. The van der Waals surface area contributed by atoms with E-state index in [4.69, 9.17) is 4.74 Å². The van der Waals surface area contributed by atoms with E-state index in [9.17, 15) is 9.59 Å². The molecule has 0 spiro atoms. The van der Waals surface area contributed by atoms with E-state index in [1.807, 2.05) is 6.92 Å². The molecule has 5 aliphatic rings. The van der Waals surface area contributed by atoms with E-state index in [1.54, 1.807) is 11.3 Å². The average molecular weight is 355 g/mol. The van der Waals surface area contributed by atoms with Crippen molar-refractivity contribution in [2.75, 3.05) is 0 Å². The predicted molar refractivity (Wildman–Crippen MR) is 93.8 cm³/mol. The molecule has 25 heavy (non-hydrogen) atoms. The number of aryl methyl sites for hydroxylation is 1. The zero-order valence-electron chi connectivity index (χ0n) is 14.3. The lowest BCUT2D eigenvalue weighted by Crippen LogP contribution is -2.43. The molecule has 0 amide bonds. The molecule has 4 bridgehead atoms. The summed E-state index contributed by atoms with van der Waals surface area (Å²) in [5, 5.41) is 3.24. The fourth-order valence-electron chi connectivity index (χ4n) is 5.63. The fraction of sp³-hybridized carbons (Fsp3) is 0.550. The highest BCUT2D eigenvalue weighted by Gasteiger charge is 2.50. The summed E-state index contributed by atoms with van der Waals surface area (Å²) in [6, 6.07) is 0. The van der Waals surface area contributed by atoms with E-state index in [0.717, 1.165) is 35.9 Å². The van der Waals surface area contributed by atoms with Crippen LogP contribution in [0.15, 0.2) is 28.2 Å². The number of allylic oxidation sites excluding steroid dienone is 3. The molecule has 1 aromatic heterocycles. The highest BCUT2D eigenvalue weighted by Crippen LogP contribution is 2.60. The topological polar surface area (TPSA) is 56.3 Å². The molecule has 5 fully saturated rings. The van der Waals surface area contributed by atoms with Crippen LogP contribution in [0.4, 0.5) is 0 Å². The van der Waals surface area contributed by atoms with Crippen molar-refractivity contribution in [3.05, 3.63) is 38.9 Å². The van der Waals surface area contributed by atoms with Crippen molar-refractivity contribution in [2.45, 2.75) is 45.4 Å². The third kappa shape index (κ3) is 2.51. The van der Waals surface area contributed by atoms with Gasteiger partial charge in [0.1, 0.15) is 0 Å². The van der Waals surface area contributed by atoms with Gasteiger partial charge in [0.2, 0.25) is 0 Å². The first kappa shape index (κ1) is 15.5. The number of ether oxygens (including phenoxy) is 1. The molecule has 1 aliphatic heterocycles. The Balaban J connectivity index is 1.51. The van der Waals surface area contributed by atoms with Crippen molar-refractivity contribution < 1.29 is 14.3 Å². The van der Waals surface area contributed by atoms with Gasteiger partial charge >= 0.3 is 11.9 Å². The zero-order chi connectivity index (χ0) is 17.1. The molecule has 4 atom stereocenters. The number of thiazole rings is 1. The average Bonchev–Trinajstić information content (AvgIpc) is 3.11. The third-order valence-corrected chi connectivity index (χ3v) is 7.22. The Morgan fingerprint density at radius 2 is 2.08 bits per heavy atom. The maximum atomic E-state index is 12.2. The van der Waals surface area contributed by atoms with Crippen molar-refractivity contribution >= 4 is 23.3 Å². The maximum absolute atomic E-state index is 12.2. The van der Waals surface area contributed by atoms with E-state index in [-0.39, 0.29) is 18.4 Å². The van der Waals surface area contributed by atoms with E-state index in [0.29, 0.717) is 23.3 Å². The summed E-state index contributed by atoms with van der Waals surface area (Å²) in [5.41, 5.74) is 4.54. The number of nitrogens with zero attached hydrogens (tertiary/aromatic N) is 1. The number of aromatic nitrogens is 1. The number of hydrogen-bond donors (Lipinski definition) is 0. The summed E-state index contributed by atoms with van der Waals surface area (Å²) in [7, 11) is 0. The highest BCUT2D eigenvalue weighted by molar-refractivity contribution is 7.09. The monoisotopic (exact) mass is 355 g/mol. The van der Waals surface area contributed by atoms with Crippen molar-refractivity contribution in [1.82, 2.24) is 4.98 Å². The molecule has 4 aliphatic carbocycles. The van der Waals surface area contributed by atoms with Gasteiger partial charge in [-0.25, -0.2) is 9.78 Å². The van der Waals surface area contributed by atoms with Gasteiger partial charge in [0.25, 0.3) is 0 Å². The number of carbonyl (C=O) groups excluding carboxylic acids is 2. The van der Waals surface area contributed by atoms with Crippen molar-refractivity contribution in [1.29, 1.82) is 0 Å². The van der Waals surface area contributed by atoms with Crippen LogP contribution in [0.5, 0.6) is 0 Å². The van der Waals surface area contributed by atoms with Gasteiger partial charge in [-0.15, -0.1) is 11.3 Å². The van der Waals surface area contributed by atoms with E-state index in [2.05, 4.69) is 16.4 Å². The molecular formula is C20H21NO3S. The van der Waals surface area contributed by atoms with Crippen molar-refractivity contribution in [3.63, 3.8) is 0 Å². The number of hydrogen-bond acceptors (Lipinski definition) is 5. The second-order valence-electron chi connectivity index (χ2n) is 7.89. The van der Waals surface area contributed by atoms with Crippen LogP contribution in [0.1, 0.15) is 42.8 Å². The Bertz CT molecular complexity index is 834. The Kier molecular flexibility index (Phi) is 3.49. The quantitative estimate of drug-likeness (QED) is 0.351. The Hall–Kier alpha value is -1.75. The molecule has 5 heteroatoms. The molecule has 1 saturated heterocycles. The van der Waals surface area contributed by atoms with Crippen LogP contribution >= 0.6 is 11.3 Å². The minimum absolute atomic E-state index is 0.176. The van der Waals surface area contributed by atoms with Crippen LogP contribution in [0.3, 0.4) is 0 Å². The number of esters is 2. The van der Waals surface area contributed by atoms with Gasteiger partial charge in [0, 0.05) is 23.3 Å². The third-order valence-electron chi connectivity index (χ3n) is 6.40. The van der Waals surface area contributed by atoms with E-state index < -0.39 is 0 Å². The lowest BCUT2D eigenvalue weighted by molar-refractivity contribution is -0.151. The summed E-state index contributed by atoms with van der Waals surface area (Å²) >= 11 is 1.69. The summed E-state index contributed by atoms with van der Waals surface area (Å²) in [4.78, 5) is 28.3. The summed E-state index contributed by atoms with van der Waals surface area (Å²) in [6.45, 7) is 2.04. The Morgan fingerprint density at radius 1 is 1.24 bits per heavy atom. The molecule has 0 N–H and O–H groups in total. The number of rotatable bonds is 2. The van der Waals surface area contributed by atoms with Crippen LogP contribution in [0.2, 0.25) is 0 Å². The minimum Gasteiger partial charge on any atom is -0.389 e. The first-order valence-electron chi connectivity index (χ1n) is 9.17. The van der Waals surface area contributed by atoms with Gasteiger partial charge in [-0.2, -0.15) is 0 Å². The Labute approximate surface area is 151 Å². The van der Waals surface area contributed by atoms with Gasteiger partial charge in [-0.1, -0.05) is 11.6 Å². The fourth-order valence-corrected chi connectivity index (χ4v) is 6.25. The predicted octanol–water partition coefficient (Wildman–Crippen LogP) is 3.76. The van der Waals surface area contributed by atoms with Gasteiger partial charge in [0.15, 0.2) is 0 Å². The summed E-state index contributed by atoms with van der Waals surface area (Å²) < 4.78 is 4.83. The Morgan fingerprint density at radius 3 is 2.80 bits per heavy atom. The molecule has 6 rings (SSSR count). The van der Waals surface area contributed by atoms with E-state index in [1.165, 1.54) is 24.0 Å². The second-order valence-corrected chi connectivity index (χ2v) is 8.96. The van der Waals surface area contributed by atoms with Gasteiger partial charge in [-0.05, 0) is 55.9 Å². The minimum atomic E-state index is -0.387. The van der Waals surface area contributed by atoms with Crippen LogP contribution in [-0.2, 0) is 20.7 Å². The van der Waals surface area contributed by atoms with Crippen molar-refractivity contribution in [3.8, 4) is 0 Å².